The van der Waals surface area contributed by atoms with Gasteiger partial charge in [-0.1, -0.05) is 53.0 Å². The largest absolute Gasteiger partial charge is 0.350 e. The van der Waals surface area contributed by atoms with Gasteiger partial charge in [0.25, 0.3) is 11.8 Å². The average Bonchev–Trinajstić information content (AvgIpc) is 2.74. The lowest BCUT2D eigenvalue weighted by molar-refractivity contribution is -0.120. The molecule has 0 unspecified atom stereocenters. The van der Waals surface area contributed by atoms with Crippen molar-refractivity contribution in [3.8, 4) is 0 Å². The third-order valence-electron chi connectivity index (χ3n) is 3.49. The Morgan fingerprint density at radius 2 is 1.67 bits per heavy atom. The van der Waals surface area contributed by atoms with E-state index in [4.69, 9.17) is 34.8 Å². The van der Waals surface area contributed by atoms with Gasteiger partial charge in [0.15, 0.2) is 0 Å². The number of benzene rings is 2. The molecule has 2 amide bonds. The van der Waals surface area contributed by atoms with E-state index in [9.17, 15) is 9.59 Å². The van der Waals surface area contributed by atoms with E-state index in [2.05, 4.69) is 5.32 Å². The maximum absolute atomic E-state index is 12.7. The maximum Gasteiger partial charge on any atom is 0.283 e. The number of imide groups is 1. The van der Waals surface area contributed by atoms with Crippen molar-refractivity contribution >= 4 is 58.0 Å². The van der Waals surface area contributed by atoms with Gasteiger partial charge in [0.1, 0.15) is 10.7 Å². The van der Waals surface area contributed by atoms with Gasteiger partial charge in [-0.05, 0) is 36.8 Å². The van der Waals surface area contributed by atoms with Gasteiger partial charge in [0.2, 0.25) is 0 Å². The maximum atomic E-state index is 12.7. The minimum Gasteiger partial charge on any atom is -0.350 e. The molecule has 0 aliphatic carbocycles. The molecule has 0 fully saturated rings. The summed E-state index contributed by atoms with van der Waals surface area (Å²) in [4.78, 5) is 26.0. The molecule has 0 atom stereocenters. The highest BCUT2D eigenvalue weighted by Gasteiger charge is 2.40. The molecule has 0 saturated heterocycles. The van der Waals surface area contributed by atoms with Crippen LogP contribution in [0.5, 0.6) is 0 Å². The highest BCUT2D eigenvalue weighted by atomic mass is 35.5. The standard InChI is InChI=1S/C17H11Cl3N2O2/c1-9-4-2-5-10(8-9)21-15-14(20)16(23)22(17(15)24)12-7-3-6-11(18)13(12)19/h2-8,21H,1H3. The number of hydrogen-bond donors (Lipinski definition) is 1. The number of amides is 2. The number of hydrogen-bond acceptors (Lipinski definition) is 3. The minimum absolute atomic E-state index is 0.00306. The molecule has 122 valence electrons. The third kappa shape index (κ3) is 2.88. The first-order valence-corrected chi connectivity index (χ1v) is 8.10. The van der Waals surface area contributed by atoms with Gasteiger partial charge in [0, 0.05) is 5.69 Å². The molecule has 1 aliphatic heterocycles. The number of rotatable bonds is 3. The van der Waals surface area contributed by atoms with Gasteiger partial charge in [-0.25, -0.2) is 4.90 Å². The Balaban J connectivity index is 1.97. The zero-order chi connectivity index (χ0) is 17.4. The van der Waals surface area contributed by atoms with Crippen molar-refractivity contribution < 1.29 is 9.59 Å². The monoisotopic (exact) mass is 380 g/mol. The predicted molar refractivity (Wildman–Crippen MR) is 96.6 cm³/mol. The van der Waals surface area contributed by atoms with Crippen molar-refractivity contribution in [1.29, 1.82) is 0 Å². The molecule has 7 heteroatoms. The highest BCUT2D eigenvalue weighted by Crippen LogP contribution is 2.37. The zero-order valence-electron chi connectivity index (χ0n) is 12.4. The molecule has 4 nitrogen and oxygen atoms in total. The van der Waals surface area contributed by atoms with Crippen LogP contribution in [0.25, 0.3) is 0 Å². The Labute approximate surface area is 153 Å². The highest BCUT2D eigenvalue weighted by molar-refractivity contribution is 6.54. The first-order chi connectivity index (χ1) is 11.4. The van der Waals surface area contributed by atoms with Gasteiger partial charge < -0.3 is 5.32 Å². The number of carbonyl (C=O) groups excluding carboxylic acids is 2. The number of halogens is 3. The van der Waals surface area contributed by atoms with Crippen molar-refractivity contribution in [3.63, 3.8) is 0 Å². The van der Waals surface area contributed by atoms with Gasteiger partial charge in [-0.2, -0.15) is 0 Å². The van der Waals surface area contributed by atoms with Crippen LogP contribution in [0.3, 0.4) is 0 Å². The molecule has 0 radical (unpaired) electrons. The summed E-state index contributed by atoms with van der Waals surface area (Å²) >= 11 is 18.2. The summed E-state index contributed by atoms with van der Waals surface area (Å²) in [7, 11) is 0. The van der Waals surface area contributed by atoms with Crippen LogP contribution in [0.2, 0.25) is 10.0 Å². The fourth-order valence-electron chi connectivity index (χ4n) is 2.36. The molecule has 0 bridgehead atoms. The Morgan fingerprint density at radius 3 is 2.38 bits per heavy atom. The topological polar surface area (TPSA) is 49.4 Å². The second-order valence-electron chi connectivity index (χ2n) is 5.20. The summed E-state index contributed by atoms with van der Waals surface area (Å²) in [6.45, 7) is 1.92. The van der Waals surface area contributed by atoms with Crippen molar-refractivity contribution in [2.45, 2.75) is 6.92 Å². The molecule has 2 aromatic rings. The summed E-state index contributed by atoms with van der Waals surface area (Å²) in [5.41, 5.74) is 1.85. The van der Waals surface area contributed by atoms with E-state index in [0.717, 1.165) is 10.5 Å². The van der Waals surface area contributed by atoms with E-state index >= 15 is 0 Å². The normalized spacial score (nSPS) is 14.6. The lowest BCUT2D eigenvalue weighted by Crippen LogP contribution is -2.32. The predicted octanol–water partition coefficient (Wildman–Crippen LogP) is 4.74. The van der Waals surface area contributed by atoms with Gasteiger partial charge in [-0.3, -0.25) is 9.59 Å². The van der Waals surface area contributed by atoms with E-state index in [-0.39, 0.29) is 26.5 Å². The molecule has 24 heavy (non-hydrogen) atoms. The van der Waals surface area contributed by atoms with Crippen LogP contribution < -0.4 is 10.2 Å². The van der Waals surface area contributed by atoms with Gasteiger partial charge in [-0.15, -0.1) is 0 Å². The molecule has 0 saturated carbocycles. The third-order valence-corrected chi connectivity index (χ3v) is 4.65. The van der Waals surface area contributed by atoms with E-state index < -0.39 is 11.8 Å². The summed E-state index contributed by atoms with van der Waals surface area (Å²) in [6, 6.07) is 12.1. The number of aryl methyl sites for hydroxylation is 1. The zero-order valence-corrected chi connectivity index (χ0v) is 14.7. The Hall–Kier alpha value is -2.01. The van der Waals surface area contributed by atoms with E-state index in [1.807, 2.05) is 25.1 Å². The van der Waals surface area contributed by atoms with Gasteiger partial charge >= 0.3 is 0 Å². The fourth-order valence-corrected chi connectivity index (χ4v) is 2.96. The number of nitrogens with zero attached hydrogens (tertiary/aromatic N) is 1. The molecule has 2 aromatic carbocycles. The van der Waals surface area contributed by atoms with E-state index in [1.165, 1.54) is 6.07 Å². The second kappa shape index (κ2) is 6.48. The first-order valence-electron chi connectivity index (χ1n) is 6.96. The molecule has 1 N–H and O–H groups in total. The van der Waals surface area contributed by atoms with Crippen molar-refractivity contribution in [2.24, 2.45) is 0 Å². The van der Waals surface area contributed by atoms with Crippen molar-refractivity contribution in [2.75, 3.05) is 10.2 Å². The van der Waals surface area contributed by atoms with Crippen LogP contribution >= 0.6 is 34.8 Å². The smallest absolute Gasteiger partial charge is 0.283 e. The second-order valence-corrected chi connectivity index (χ2v) is 6.37. The van der Waals surface area contributed by atoms with Crippen LogP contribution in [0.15, 0.2) is 53.2 Å². The SMILES string of the molecule is Cc1cccc(NC2=C(Cl)C(=O)N(c3cccc(Cl)c3Cl)C2=O)c1. The summed E-state index contributed by atoms with van der Waals surface area (Å²) in [5, 5.41) is 3.06. The van der Waals surface area contributed by atoms with E-state index in [1.54, 1.807) is 18.2 Å². The van der Waals surface area contributed by atoms with Crippen molar-refractivity contribution in [1.82, 2.24) is 0 Å². The van der Waals surface area contributed by atoms with E-state index in [0.29, 0.717) is 5.69 Å². The van der Waals surface area contributed by atoms with Crippen LogP contribution in [-0.2, 0) is 9.59 Å². The van der Waals surface area contributed by atoms with Crippen LogP contribution in [-0.4, -0.2) is 11.8 Å². The fraction of sp³-hybridized carbons (Fsp3) is 0.0588. The Morgan fingerprint density at radius 1 is 0.958 bits per heavy atom. The molecule has 1 heterocycles. The van der Waals surface area contributed by atoms with Gasteiger partial charge in [0.05, 0.1) is 15.7 Å². The summed E-state index contributed by atoms with van der Waals surface area (Å²) < 4.78 is 0. The Kier molecular flexibility index (Phi) is 4.54. The summed E-state index contributed by atoms with van der Waals surface area (Å²) in [6.07, 6.45) is 0. The first kappa shape index (κ1) is 16.8. The number of carbonyl (C=O) groups is 2. The lowest BCUT2D eigenvalue weighted by atomic mass is 10.2. The number of nitrogens with one attached hydrogen (secondary N) is 1. The van der Waals surface area contributed by atoms with Crippen molar-refractivity contribution in [3.05, 3.63) is 68.8 Å². The molecule has 1 aliphatic rings. The molecular weight excluding hydrogens is 371 g/mol. The number of anilines is 2. The van der Waals surface area contributed by atoms with Crippen LogP contribution in [0.4, 0.5) is 11.4 Å². The summed E-state index contributed by atoms with van der Waals surface area (Å²) in [5.74, 6) is -1.24. The quantitative estimate of drug-likeness (QED) is 0.781. The molecule has 3 rings (SSSR count). The van der Waals surface area contributed by atoms with Crippen LogP contribution in [0, 0.1) is 6.92 Å². The molecule has 0 spiro atoms. The lowest BCUT2D eigenvalue weighted by Gasteiger charge is -2.17. The average molecular weight is 382 g/mol. The molecule has 0 aromatic heterocycles. The minimum atomic E-state index is -0.652. The Bertz CT molecular complexity index is 893. The molecular formula is C17H11Cl3N2O2. The van der Waals surface area contributed by atoms with Crippen LogP contribution in [0.1, 0.15) is 5.56 Å².